The standard InChI is InChI=1S/C6H15IN/c1-7-5-4-6-8(2)3/h4-6H2,1-3H3/q-1. The van der Waals surface area contributed by atoms with Crippen molar-refractivity contribution < 1.29 is 21.2 Å². The van der Waals surface area contributed by atoms with Crippen LogP contribution in [0, 0.1) is 0 Å². The summed E-state index contributed by atoms with van der Waals surface area (Å²) in [6.07, 6.45) is 1.40. The van der Waals surface area contributed by atoms with Gasteiger partial charge < -0.3 is 0 Å². The van der Waals surface area contributed by atoms with Crippen LogP contribution in [-0.2, 0) is 0 Å². The van der Waals surface area contributed by atoms with Crippen LogP contribution < -0.4 is 21.2 Å². The summed E-state index contributed by atoms with van der Waals surface area (Å²) in [4.78, 5) is 4.59. The normalized spacial score (nSPS) is 11.0. The number of nitrogens with zero attached hydrogens (tertiary/aromatic N) is 1. The van der Waals surface area contributed by atoms with Crippen molar-refractivity contribution in [2.24, 2.45) is 0 Å². The van der Waals surface area contributed by atoms with Crippen LogP contribution in [0.15, 0.2) is 0 Å². The zero-order chi connectivity index (χ0) is 6.41. The van der Waals surface area contributed by atoms with Crippen molar-refractivity contribution in [2.45, 2.75) is 6.42 Å². The summed E-state index contributed by atoms with van der Waals surface area (Å²) in [5.41, 5.74) is 0. The van der Waals surface area contributed by atoms with Gasteiger partial charge >= 0.3 is 62.5 Å². The average molecular weight is 228 g/mol. The van der Waals surface area contributed by atoms with E-state index in [-0.39, 0.29) is 0 Å². The molecule has 0 amide bonds. The second-order valence-corrected chi connectivity index (χ2v) is 4.72. The Bertz CT molecular complexity index is 45.8. The molecule has 8 heavy (non-hydrogen) atoms. The van der Waals surface area contributed by atoms with E-state index in [1.807, 2.05) is 0 Å². The Hall–Kier alpha value is 0.690. The first kappa shape index (κ1) is 8.69. The number of rotatable bonds is 4. The molecule has 0 radical (unpaired) electrons. The van der Waals surface area contributed by atoms with E-state index in [1.165, 1.54) is 17.4 Å². The molecule has 0 N–H and O–H groups in total. The van der Waals surface area contributed by atoms with Gasteiger partial charge in [-0.15, -0.1) is 0 Å². The van der Waals surface area contributed by atoms with Gasteiger partial charge in [-0.2, -0.15) is 0 Å². The van der Waals surface area contributed by atoms with Crippen molar-refractivity contribution in [3.63, 3.8) is 0 Å². The van der Waals surface area contributed by atoms with Crippen LogP contribution in [0.5, 0.6) is 0 Å². The molecule has 0 saturated carbocycles. The Morgan fingerprint density at radius 3 is 2.38 bits per heavy atom. The van der Waals surface area contributed by atoms with Crippen molar-refractivity contribution in [2.75, 3.05) is 30.0 Å². The van der Waals surface area contributed by atoms with Gasteiger partial charge in [0, 0.05) is 0 Å². The van der Waals surface area contributed by atoms with Gasteiger partial charge in [-0.05, 0) is 0 Å². The van der Waals surface area contributed by atoms with Crippen LogP contribution in [-0.4, -0.2) is 34.9 Å². The first-order chi connectivity index (χ1) is 3.77. The van der Waals surface area contributed by atoms with Crippen LogP contribution in [0.1, 0.15) is 6.42 Å². The van der Waals surface area contributed by atoms with Crippen molar-refractivity contribution in [1.29, 1.82) is 0 Å². The molecule has 0 saturated heterocycles. The first-order valence-electron chi connectivity index (χ1n) is 2.86. The molecule has 52 valence electrons. The topological polar surface area (TPSA) is 3.24 Å². The third kappa shape index (κ3) is 6.69. The second-order valence-electron chi connectivity index (χ2n) is 2.11. The molecule has 0 aliphatic rings. The average Bonchev–Trinajstić information content (AvgIpc) is 1.66. The molecule has 0 heterocycles. The van der Waals surface area contributed by atoms with Crippen LogP contribution >= 0.6 is 0 Å². The number of halogens is 1. The Morgan fingerprint density at radius 2 is 2.00 bits per heavy atom. The fraction of sp³-hybridized carbons (Fsp3) is 1.00. The molecule has 0 fully saturated rings. The summed E-state index contributed by atoms with van der Waals surface area (Å²) in [5.74, 6) is 0. The molecular formula is C6H15IN-. The van der Waals surface area contributed by atoms with Crippen LogP contribution in [0.4, 0.5) is 0 Å². The third-order valence-electron chi connectivity index (χ3n) is 0.928. The van der Waals surface area contributed by atoms with Crippen molar-refractivity contribution in [3.05, 3.63) is 0 Å². The van der Waals surface area contributed by atoms with Gasteiger partial charge in [-0.25, -0.2) is 0 Å². The van der Waals surface area contributed by atoms with E-state index in [9.17, 15) is 0 Å². The van der Waals surface area contributed by atoms with Gasteiger partial charge in [0.1, 0.15) is 0 Å². The molecule has 2 heteroatoms. The first-order valence-corrected chi connectivity index (χ1v) is 6.54. The SMILES string of the molecule is C[I-]CCCN(C)C. The van der Waals surface area contributed by atoms with Gasteiger partial charge in [0.15, 0.2) is 0 Å². The summed E-state index contributed by atoms with van der Waals surface area (Å²) in [7, 11) is 4.27. The van der Waals surface area contributed by atoms with Gasteiger partial charge in [0.2, 0.25) is 0 Å². The summed E-state index contributed by atoms with van der Waals surface area (Å²) < 4.78 is 1.48. The molecule has 0 aromatic heterocycles. The van der Waals surface area contributed by atoms with Crippen LogP contribution in [0.2, 0.25) is 0 Å². The number of hydrogen-bond acceptors (Lipinski definition) is 1. The van der Waals surface area contributed by atoms with Crippen molar-refractivity contribution in [1.82, 2.24) is 4.90 Å². The molecule has 0 aromatic rings. The van der Waals surface area contributed by atoms with Gasteiger partial charge in [-0.1, -0.05) is 0 Å². The molecule has 0 rings (SSSR count). The molecule has 0 aliphatic heterocycles. The van der Waals surface area contributed by atoms with E-state index in [1.54, 1.807) is 0 Å². The van der Waals surface area contributed by atoms with Gasteiger partial charge in [0.05, 0.1) is 0 Å². The van der Waals surface area contributed by atoms with Crippen LogP contribution in [0.3, 0.4) is 0 Å². The molecule has 0 atom stereocenters. The molecule has 0 spiro atoms. The van der Waals surface area contributed by atoms with Crippen molar-refractivity contribution in [3.8, 4) is 0 Å². The van der Waals surface area contributed by atoms with E-state index in [0.29, 0.717) is 21.2 Å². The fourth-order valence-electron chi connectivity index (χ4n) is 0.510. The monoisotopic (exact) mass is 228 g/mol. The van der Waals surface area contributed by atoms with Crippen LogP contribution in [0.25, 0.3) is 0 Å². The van der Waals surface area contributed by atoms with E-state index < -0.39 is 0 Å². The molecule has 0 aliphatic carbocycles. The molecule has 1 nitrogen and oxygen atoms in total. The summed E-state index contributed by atoms with van der Waals surface area (Å²) in [6.45, 7) is 1.27. The zero-order valence-electron chi connectivity index (χ0n) is 5.95. The third-order valence-corrected chi connectivity index (χ3v) is 2.77. The van der Waals surface area contributed by atoms with E-state index in [4.69, 9.17) is 0 Å². The fourth-order valence-corrected chi connectivity index (χ4v) is 1.61. The minimum absolute atomic E-state index is 0.549. The second kappa shape index (κ2) is 5.82. The van der Waals surface area contributed by atoms with E-state index in [0.717, 1.165) is 0 Å². The molecule has 0 unspecified atom stereocenters. The summed E-state index contributed by atoms with van der Waals surface area (Å²) >= 11 is 0.549. The van der Waals surface area contributed by atoms with Gasteiger partial charge in [-0.3, -0.25) is 0 Å². The minimum atomic E-state index is 0.549. The number of alkyl halides is 2. The molecular weight excluding hydrogens is 213 g/mol. The summed E-state index contributed by atoms with van der Waals surface area (Å²) in [6, 6.07) is 0. The Labute approximate surface area is 62.7 Å². The summed E-state index contributed by atoms with van der Waals surface area (Å²) in [5, 5.41) is 0. The van der Waals surface area contributed by atoms with E-state index in [2.05, 4.69) is 23.9 Å². The number of hydrogen-bond donors (Lipinski definition) is 0. The predicted molar refractivity (Wildman–Crippen MR) is 34.0 cm³/mol. The maximum atomic E-state index is 2.34. The molecule has 0 bridgehead atoms. The van der Waals surface area contributed by atoms with Gasteiger partial charge in [0.25, 0.3) is 0 Å². The Morgan fingerprint density at radius 1 is 1.38 bits per heavy atom. The Balaban J connectivity index is 2.72. The quantitative estimate of drug-likeness (QED) is 0.296. The van der Waals surface area contributed by atoms with Crippen molar-refractivity contribution >= 4 is 0 Å². The maximum absolute atomic E-state index is 2.34. The molecule has 0 aromatic carbocycles. The predicted octanol–water partition coefficient (Wildman–Crippen LogP) is -2.34. The zero-order valence-corrected chi connectivity index (χ0v) is 8.10. The Kier molecular flexibility index (Phi) is 6.32. The van der Waals surface area contributed by atoms with E-state index >= 15 is 0 Å².